The number of nitrogens with zero attached hydrogens (tertiary/aromatic N) is 1. The van der Waals surface area contributed by atoms with Crippen molar-refractivity contribution in [3.63, 3.8) is 0 Å². The van der Waals surface area contributed by atoms with Gasteiger partial charge in [0.2, 0.25) is 6.10 Å². The van der Waals surface area contributed by atoms with Gasteiger partial charge in [-0.15, -0.1) is 6.58 Å². The molecule has 0 spiro atoms. The van der Waals surface area contributed by atoms with Crippen molar-refractivity contribution in [1.29, 1.82) is 0 Å². The molecule has 0 N–H and O–H groups in total. The summed E-state index contributed by atoms with van der Waals surface area (Å²) in [4.78, 5) is 26.5. The normalized spacial score (nSPS) is 16.3. The standard InChI is InChI=1S/C20H19NO3/c1-3-12-21-16-13-15(17(22)4-2)10-11-18(16)24-19(20(21)23)14-8-6-5-7-9-14/h3,5-11,13,19H,1,4,12H2,2H3. The average Bonchev–Trinajstić information content (AvgIpc) is 2.63. The lowest BCUT2D eigenvalue weighted by Crippen LogP contribution is -2.41. The van der Waals surface area contributed by atoms with Crippen molar-refractivity contribution in [2.24, 2.45) is 0 Å². The third kappa shape index (κ3) is 2.83. The number of fused-ring (bicyclic) bond motifs is 1. The SMILES string of the molecule is C=CCN1C(=O)C(c2ccccc2)Oc2ccc(C(=O)CC)cc21. The maximum Gasteiger partial charge on any atom is 0.273 e. The molecule has 1 heterocycles. The van der Waals surface area contributed by atoms with Crippen LogP contribution in [0.2, 0.25) is 0 Å². The van der Waals surface area contributed by atoms with E-state index >= 15 is 0 Å². The van der Waals surface area contributed by atoms with Crippen LogP contribution in [-0.2, 0) is 4.79 Å². The number of hydrogen-bond donors (Lipinski definition) is 0. The van der Waals surface area contributed by atoms with Crippen molar-refractivity contribution in [3.05, 3.63) is 72.3 Å². The minimum absolute atomic E-state index is 0.0361. The quantitative estimate of drug-likeness (QED) is 0.619. The zero-order chi connectivity index (χ0) is 17.1. The van der Waals surface area contributed by atoms with Gasteiger partial charge in [0.25, 0.3) is 5.91 Å². The highest BCUT2D eigenvalue weighted by atomic mass is 16.5. The van der Waals surface area contributed by atoms with Gasteiger partial charge in [-0.1, -0.05) is 43.3 Å². The van der Waals surface area contributed by atoms with Crippen LogP contribution >= 0.6 is 0 Å². The lowest BCUT2D eigenvalue weighted by atomic mass is 10.0. The fourth-order valence-electron chi connectivity index (χ4n) is 2.80. The van der Waals surface area contributed by atoms with Gasteiger partial charge in [0.05, 0.1) is 5.69 Å². The Bertz CT molecular complexity index is 783. The fraction of sp³-hybridized carbons (Fsp3) is 0.200. The lowest BCUT2D eigenvalue weighted by Gasteiger charge is -2.34. The predicted molar refractivity (Wildman–Crippen MR) is 93.4 cm³/mol. The van der Waals surface area contributed by atoms with Crippen LogP contribution in [0, 0.1) is 0 Å². The highest BCUT2D eigenvalue weighted by molar-refractivity contribution is 6.03. The molecule has 1 atom stereocenters. The molecule has 0 saturated heterocycles. The van der Waals surface area contributed by atoms with Crippen molar-refractivity contribution in [2.75, 3.05) is 11.4 Å². The first-order valence-corrected chi connectivity index (χ1v) is 7.96. The molecule has 1 amide bonds. The first-order valence-electron chi connectivity index (χ1n) is 7.96. The predicted octanol–water partition coefficient (Wildman–Crippen LogP) is 3.93. The number of carbonyl (C=O) groups excluding carboxylic acids is 2. The second-order valence-electron chi connectivity index (χ2n) is 5.61. The summed E-state index contributed by atoms with van der Waals surface area (Å²) in [5, 5.41) is 0. The summed E-state index contributed by atoms with van der Waals surface area (Å²) < 4.78 is 5.94. The first-order chi connectivity index (χ1) is 11.7. The fourth-order valence-corrected chi connectivity index (χ4v) is 2.80. The molecule has 0 saturated carbocycles. The monoisotopic (exact) mass is 321 g/mol. The summed E-state index contributed by atoms with van der Waals surface area (Å²) in [6, 6.07) is 14.6. The summed E-state index contributed by atoms with van der Waals surface area (Å²) in [5.41, 5.74) is 2.00. The van der Waals surface area contributed by atoms with Crippen LogP contribution in [0.5, 0.6) is 5.75 Å². The highest BCUT2D eigenvalue weighted by Crippen LogP contribution is 2.39. The first kappa shape index (κ1) is 16.0. The molecule has 0 aromatic heterocycles. The van der Waals surface area contributed by atoms with Crippen molar-refractivity contribution in [1.82, 2.24) is 0 Å². The lowest BCUT2D eigenvalue weighted by molar-refractivity contribution is -0.126. The summed E-state index contributed by atoms with van der Waals surface area (Å²) in [6.45, 7) is 5.91. The van der Waals surface area contributed by atoms with Gasteiger partial charge in [0.1, 0.15) is 5.75 Å². The van der Waals surface area contributed by atoms with Crippen molar-refractivity contribution in [3.8, 4) is 5.75 Å². The van der Waals surface area contributed by atoms with Crippen LogP contribution < -0.4 is 9.64 Å². The van der Waals surface area contributed by atoms with E-state index in [4.69, 9.17) is 4.74 Å². The maximum absolute atomic E-state index is 12.9. The molecular formula is C20H19NO3. The van der Waals surface area contributed by atoms with E-state index in [0.29, 0.717) is 30.0 Å². The zero-order valence-electron chi connectivity index (χ0n) is 13.6. The number of carbonyl (C=O) groups is 2. The average molecular weight is 321 g/mol. The summed E-state index contributed by atoms with van der Waals surface area (Å²) in [7, 11) is 0. The summed E-state index contributed by atoms with van der Waals surface area (Å²) in [5.74, 6) is 0.474. The van der Waals surface area contributed by atoms with E-state index in [9.17, 15) is 9.59 Å². The molecule has 4 nitrogen and oxygen atoms in total. The van der Waals surface area contributed by atoms with Gasteiger partial charge >= 0.3 is 0 Å². The van der Waals surface area contributed by atoms with E-state index < -0.39 is 6.10 Å². The molecule has 1 aliphatic rings. The van der Waals surface area contributed by atoms with E-state index in [-0.39, 0.29) is 11.7 Å². The van der Waals surface area contributed by atoms with Gasteiger partial charge in [-0.2, -0.15) is 0 Å². The highest BCUT2D eigenvalue weighted by Gasteiger charge is 2.35. The molecule has 0 radical (unpaired) electrons. The molecule has 122 valence electrons. The van der Waals surface area contributed by atoms with Crippen LogP contribution in [0.25, 0.3) is 0 Å². The zero-order valence-corrected chi connectivity index (χ0v) is 13.6. The molecule has 24 heavy (non-hydrogen) atoms. The molecule has 4 heteroatoms. The molecule has 0 bridgehead atoms. The Kier molecular flexibility index (Phi) is 4.47. The van der Waals surface area contributed by atoms with Crippen molar-refractivity contribution >= 4 is 17.4 Å². The Morgan fingerprint density at radius 3 is 2.67 bits per heavy atom. The Morgan fingerprint density at radius 1 is 1.25 bits per heavy atom. The van der Waals surface area contributed by atoms with Crippen molar-refractivity contribution < 1.29 is 14.3 Å². The Hall–Kier alpha value is -2.88. The number of ether oxygens (including phenoxy) is 1. The smallest absolute Gasteiger partial charge is 0.273 e. The topological polar surface area (TPSA) is 46.6 Å². The van der Waals surface area contributed by atoms with E-state index in [2.05, 4.69) is 6.58 Å². The second-order valence-corrected chi connectivity index (χ2v) is 5.61. The third-order valence-corrected chi connectivity index (χ3v) is 4.04. The molecule has 1 unspecified atom stereocenters. The van der Waals surface area contributed by atoms with E-state index in [0.717, 1.165) is 5.56 Å². The van der Waals surface area contributed by atoms with Crippen LogP contribution in [0.1, 0.15) is 35.4 Å². The number of amides is 1. The Labute approximate surface area is 141 Å². The van der Waals surface area contributed by atoms with E-state index in [1.165, 1.54) is 0 Å². The molecule has 0 fully saturated rings. The van der Waals surface area contributed by atoms with Crippen LogP contribution in [0.3, 0.4) is 0 Å². The van der Waals surface area contributed by atoms with Crippen LogP contribution in [0.15, 0.2) is 61.2 Å². The molecule has 0 aliphatic carbocycles. The number of hydrogen-bond acceptors (Lipinski definition) is 3. The van der Waals surface area contributed by atoms with Gasteiger partial charge in [-0.05, 0) is 18.2 Å². The Morgan fingerprint density at radius 2 is 2.00 bits per heavy atom. The van der Waals surface area contributed by atoms with Gasteiger partial charge in [-0.25, -0.2) is 0 Å². The molecule has 1 aliphatic heterocycles. The summed E-state index contributed by atoms with van der Waals surface area (Å²) >= 11 is 0. The number of anilines is 1. The number of Topliss-reactive ketones (excluding diaryl/α,β-unsaturated/α-hetero) is 1. The number of rotatable bonds is 5. The largest absolute Gasteiger partial charge is 0.474 e. The molecule has 2 aromatic rings. The molecule has 2 aromatic carbocycles. The number of ketones is 1. The summed E-state index contributed by atoms with van der Waals surface area (Å²) in [6.07, 6.45) is 1.40. The minimum Gasteiger partial charge on any atom is -0.474 e. The second kappa shape index (κ2) is 6.71. The van der Waals surface area contributed by atoms with Gasteiger partial charge in [0.15, 0.2) is 5.78 Å². The third-order valence-electron chi connectivity index (χ3n) is 4.04. The van der Waals surface area contributed by atoms with Crippen LogP contribution in [0.4, 0.5) is 5.69 Å². The minimum atomic E-state index is -0.689. The maximum atomic E-state index is 12.9. The number of benzene rings is 2. The molecular weight excluding hydrogens is 302 g/mol. The Balaban J connectivity index is 2.05. The van der Waals surface area contributed by atoms with Gasteiger partial charge in [0, 0.05) is 24.1 Å². The van der Waals surface area contributed by atoms with Gasteiger partial charge < -0.3 is 9.64 Å². The molecule has 3 rings (SSSR count). The van der Waals surface area contributed by atoms with Crippen molar-refractivity contribution in [2.45, 2.75) is 19.4 Å². The van der Waals surface area contributed by atoms with Gasteiger partial charge in [-0.3, -0.25) is 9.59 Å². The van der Waals surface area contributed by atoms with E-state index in [1.807, 2.05) is 37.3 Å². The van der Waals surface area contributed by atoms with Crippen LogP contribution in [-0.4, -0.2) is 18.2 Å². The van der Waals surface area contributed by atoms with E-state index in [1.54, 1.807) is 29.2 Å².